The molecule has 2 aromatic heterocycles. The minimum atomic E-state index is -3.07. The third-order valence-corrected chi connectivity index (χ3v) is 7.50. The van der Waals surface area contributed by atoms with Crippen LogP contribution in [-0.4, -0.2) is 59.5 Å². The molecule has 2 aliphatic rings. The minimum absolute atomic E-state index is 0.0618. The van der Waals surface area contributed by atoms with E-state index in [4.69, 9.17) is 14.2 Å². The minimum Gasteiger partial charge on any atom is -0.496 e. The number of hydrogen-bond acceptors (Lipinski definition) is 6. The van der Waals surface area contributed by atoms with E-state index in [1.807, 2.05) is 22.7 Å². The highest BCUT2D eigenvalue weighted by molar-refractivity contribution is 6.02. The first kappa shape index (κ1) is 26.4. The largest absolute Gasteiger partial charge is 0.496 e. The number of Topliss-reactive ketones (excluding diaryl/α,β-unsaturated/α-hetero) is 1. The van der Waals surface area contributed by atoms with Gasteiger partial charge in [0.25, 0.3) is 0 Å². The fourth-order valence-corrected chi connectivity index (χ4v) is 5.23. The number of rotatable bonds is 11. The number of likely N-dealkylation sites (tertiary alicyclic amines) is 1. The van der Waals surface area contributed by atoms with E-state index in [9.17, 15) is 13.6 Å². The summed E-state index contributed by atoms with van der Waals surface area (Å²) in [6.07, 6.45) is 8.09. The average molecular weight is 528 g/mol. The Morgan fingerprint density at radius 1 is 1.13 bits per heavy atom. The highest BCUT2D eigenvalue weighted by atomic mass is 19.3. The molecule has 0 spiro atoms. The van der Waals surface area contributed by atoms with Gasteiger partial charge in [0.05, 0.1) is 25.6 Å². The van der Waals surface area contributed by atoms with Crippen molar-refractivity contribution in [1.29, 1.82) is 0 Å². The molecular weight excluding hydrogens is 492 g/mol. The van der Waals surface area contributed by atoms with Crippen LogP contribution in [0.2, 0.25) is 0 Å². The van der Waals surface area contributed by atoms with Crippen molar-refractivity contribution in [1.82, 2.24) is 14.3 Å². The van der Waals surface area contributed by atoms with Crippen LogP contribution in [0.4, 0.5) is 8.78 Å². The van der Waals surface area contributed by atoms with E-state index in [1.165, 1.54) is 19.6 Å². The van der Waals surface area contributed by atoms with Crippen molar-refractivity contribution in [2.75, 3.05) is 26.8 Å². The molecule has 1 saturated carbocycles. The van der Waals surface area contributed by atoms with Crippen LogP contribution in [0, 0.1) is 11.8 Å². The second-order valence-electron chi connectivity index (χ2n) is 10.6. The lowest BCUT2D eigenvalue weighted by Gasteiger charge is -2.35. The third-order valence-electron chi connectivity index (χ3n) is 7.50. The van der Waals surface area contributed by atoms with Crippen molar-refractivity contribution < 1.29 is 27.8 Å². The molecule has 3 aromatic rings. The van der Waals surface area contributed by atoms with E-state index in [2.05, 4.69) is 23.7 Å². The SMILES string of the molecule is COc1cc(-c2cnc3cc(OC[C@@H]4CCCN(C(C)C)C4)ccn23)cc(OC(F)F)c1C(=O)CC1CC1. The lowest BCUT2D eigenvalue weighted by molar-refractivity contribution is -0.0502. The Morgan fingerprint density at radius 3 is 2.63 bits per heavy atom. The first-order chi connectivity index (χ1) is 18.3. The molecule has 0 amide bonds. The van der Waals surface area contributed by atoms with Crippen LogP contribution in [-0.2, 0) is 0 Å². The number of piperidine rings is 1. The van der Waals surface area contributed by atoms with Gasteiger partial charge in [-0.25, -0.2) is 4.98 Å². The first-order valence-electron chi connectivity index (χ1n) is 13.4. The van der Waals surface area contributed by atoms with Crippen molar-refractivity contribution in [2.45, 2.75) is 58.6 Å². The van der Waals surface area contributed by atoms with Gasteiger partial charge in [-0.1, -0.05) is 0 Å². The van der Waals surface area contributed by atoms with Gasteiger partial charge in [-0.15, -0.1) is 0 Å². The second-order valence-corrected chi connectivity index (χ2v) is 10.6. The number of methoxy groups -OCH3 is 1. The maximum atomic E-state index is 13.3. The van der Waals surface area contributed by atoms with Gasteiger partial charge < -0.3 is 19.1 Å². The van der Waals surface area contributed by atoms with Crippen LogP contribution >= 0.6 is 0 Å². The zero-order chi connectivity index (χ0) is 26.8. The van der Waals surface area contributed by atoms with E-state index in [0.29, 0.717) is 47.8 Å². The Kier molecular flexibility index (Phi) is 7.83. The average Bonchev–Trinajstić information content (AvgIpc) is 3.61. The fraction of sp³-hybridized carbons (Fsp3) is 0.517. The number of benzene rings is 1. The number of pyridine rings is 1. The molecule has 3 heterocycles. The summed E-state index contributed by atoms with van der Waals surface area (Å²) in [5, 5.41) is 0. The fourth-order valence-electron chi connectivity index (χ4n) is 5.23. The summed E-state index contributed by atoms with van der Waals surface area (Å²) in [5.74, 6) is 1.30. The highest BCUT2D eigenvalue weighted by Crippen LogP contribution is 2.40. The molecule has 1 aliphatic heterocycles. The normalized spacial score (nSPS) is 18.3. The lowest BCUT2D eigenvalue weighted by atomic mass is 9.98. The highest BCUT2D eigenvalue weighted by Gasteiger charge is 2.30. The number of hydrogen-bond donors (Lipinski definition) is 0. The molecule has 0 unspecified atom stereocenters. The predicted molar refractivity (Wildman–Crippen MR) is 140 cm³/mol. The molecule has 1 aliphatic carbocycles. The molecule has 1 atom stereocenters. The summed E-state index contributed by atoms with van der Waals surface area (Å²) in [4.78, 5) is 19.9. The van der Waals surface area contributed by atoms with E-state index in [-0.39, 0.29) is 22.8 Å². The third kappa shape index (κ3) is 5.93. The van der Waals surface area contributed by atoms with Crippen molar-refractivity contribution in [3.63, 3.8) is 0 Å². The standard InChI is InChI=1S/C29H35F2N3O4/c1-18(2)33-9-4-5-20(16-33)17-37-22-8-10-34-23(15-32-27(34)14-22)21-12-25(36-3)28(24(35)11-19-6-7-19)26(13-21)38-29(30)31/h8,10,12-15,18-20,29H,4-7,9,11,16-17H2,1-3H3/t20-/m1/s1. The molecule has 9 heteroatoms. The molecular formula is C29H35F2N3O4. The summed E-state index contributed by atoms with van der Waals surface area (Å²) < 4.78 is 44.9. The van der Waals surface area contributed by atoms with Crippen LogP contribution < -0.4 is 14.2 Å². The number of ether oxygens (including phenoxy) is 3. The number of halogens is 2. The molecule has 2 fully saturated rings. The summed E-state index contributed by atoms with van der Waals surface area (Å²) in [7, 11) is 1.42. The van der Waals surface area contributed by atoms with Crippen LogP contribution in [0.1, 0.15) is 56.3 Å². The number of imidazole rings is 1. The number of ketones is 1. The Morgan fingerprint density at radius 2 is 1.92 bits per heavy atom. The molecule has 7 nitrogen and oxygen atoms in total. The molecule has 0 bridgehead atoms. The van der Waals surface area contributed by atoms with Gasteiger partial charge >= 0.3 is 6.61 Å². The topological polar surface area (TPSA) is 65.3 Å². The number of alkyl halides is 2. The van der Waals surface area contributed by atoms with Crippen LogP contribution in [0.3, 0.4) is 0 Å². The van der Waals surface area contributed by atoms with Gasteiger partial charge in [0.15, 0.2) is 5.78 Å². The Balaban J connectivity index is 1.38. The quantitative estimate of drug-likeness (QED) is 0.281. The molecule has 204 valence electrons. The smallest absolute Gasteiger partial charge is 0.387 e. The van der Waals surface area contributed by atoms with E-state index in [1.54, 1.807) is 12.3 Å². The second kappa shape index (κ2) is 11.3. The van der Waals surface area contributed by atoms with Crippen LogP contribution in [0.5, 0.6) is 17.2 Å². The van der Waals surface area contributed by atoms with E-state index >= 15 is 0 Å². The van der Waals surface area contributed by atoms with Crippen molar-refractivity contribution >= 4 is 11.4 Å². The van der Waals surface area contributed by atoms with Gasteiger partial charge in [-0.05, 0) is 70.2 Å². The summed E-state index contributed by atoms with van der Waals surface area (Å²) in [5.41, 5.74) is 1.93. The van der Waals surface area contributed by atoms with Crippen molar-refractivity contribution in [2.24, 2.45) is 11.8 Å². The molecule has 1 saturated heterocycles. The van der Waals surface area contributed by atoms with E-state index < -0.39 is 6.61 Å². The molecule has 5 rings (SSSR count). The van der Waals surface area contributed by atoms with Crippen molar-refractivity contribution in [3.05, 3.63) is 42.2 Å². The summed E-state index contributed by atoms with van der Waals surface area (Å²) >= 11 is 0. The Labute approximate surface area is 221 Å². The number of carbonyl (C=O) groups is 1. The van der Waals surface area contributed by atoms with Gasteiger partial charge in [0, 0.05) is 42.8 Å². The number of nitrogens with zero attached hydrogens (tertiary/aromatic N) is 3. The monoisotopic (exact) mass is 527 g/mol. The predicted octanol–water partition coefficient (Wildman–Crippen LogP) is 6.09. The van der Waals surface area contributed by atoms with Gasteiger partial charge in [0.2, 0.25) is 0 Å². The van der Waals surface area contributed by atoms with Gasteiger partial charge in [-0.3, -0.25) is 9.20 Å². The lowest BCUT2D eigenvalue weighted by Crippen LogP contribution is -2.41. The summed E-state index contributed by atoms with van der Waals surface area (Å²) in [6, 6.07) is 7.42. The molecule has 38 heavy (non-hydrogen) atoms. The Bertz CT molecular complexity index is 1290. The maximum Gasteiger partial charge on any atom is 0.387 e. The maximum absolute atomic E-state index is 13.3. The zero-order valence-electron chi connectivity index (χ0n) is 22.2. The number of carbonyl (C=O) groups excluding carboxylic acids is 1. The van der Waals surface area contributed by atoms with Crippen molar-refractivity contribution in [3.8, 4) is 28.5 Å². The first-order valence-corrected chi connectivity index (χ1v) is 13.4. The summed E-state index contributed by atoms with van der Waals surface area (Å²) in [6.45, 7) is 4.21. The zero-order valence-corrected chi connectivity index (χ0v) is 22.2. The van der Waals surface area contributed by atoms with Crippen LogP contribution in [0.25, 0.3) is 16.9 Å². The van der Waals surface area contributed by atoms with Gasteiger partial charge in [-0.2, -0.15) is 8.78 Å². The molecule has 1 aromatic carbocycles. The van der Waals surface area contributed by atoms with E-state index in [0.717, 1.165) is 38.1 Å². The number of fused-ring (bicyclic) bond motifs is 1. The molecule has 0 N–H and O–H groups in total. The van der Waals surface area contributed by atoms with Gasteiger partial charge in [0.1, 0.15) is 28.5 Å². The molecule has 0 radical (unpaired) electrons. The number of aromatic nitrogens is 2. The Hall–Kier alpha value is -3.20. The van der Waals surface area contributed by atoms with Crippen LogP contribution in [0.15, 0.2) is 36.7 Å².